The fraction of sp³-hybridized carbons (Fsp3) is 0.280. The Kier molecular flexibility index (Phi) is 7.00. The Morgan fingerprint density at radius 2 is 1.74 bits per heavy atom. The molecule has 6 heteroatoms. The number of anilines is 2. The Hall–Kier alpha value is -3.54. The molecule has 2 aromatic carbocycles. The molecule has 2 amide bonds. The number of amides is 2. The van der Waals surface area contributed by atoms with Crippen LogP contribution < -0.4 is 20.3 Å². The number of pyridine rings is 1. The molecule has 0 saturated carbocycles. The van der Waals surface area contributed by atoms with Gasteiger partial charge in [0.15, 0.2) is 0 Å². The van der Waals surface area contributed by atoms with E-state index in [-0.39, 0.29) is 6.03 Å². The molecule has 0 atom stereocenters. The first-order valence-electron chi connectivity index (χ1n) is 10.8. The number of piperidine rings is 1. The number of aromatic nitrogens is 1. The fourth-order valence-corrected chi connectivity index (χ4v) is 3.69. The molecule has 0 bridgehead atoms. The first-order valence-corrected chi connectivity index (χ1v) is 10.8. The van der Waals surface area contributed by atoms with E-state index in [9.17, 15) is 4.79 Å². The highest BCUT2D eigenvalue weighted by Crippen LogP contribution is 2.28. The van der Waals surface area contributed by atoms with Crippen LogP contribution in [0.2, 0.25) is 0 Å². The van der Waals surface area contributed by atoms with Crippen LogP contribution in [-0.2, 0) is 13.2 Å². The second kappa shape index (κ2) is 10.5. The van der Waals surface area contributed by atoms with E-state index in [0.717, 1.165) is 41.3 Å². The van der Waals surface area contributed by atoms with Gasteiger partial charge in [-0.15, -0.1) is 0 Å². The zero-order chi connectivity index (χ0) is 21.3. The topological polar surface area (TPSA) is 66.5 Å². The van der Waals surface area contributed by atoms with Gasteiger partial charge >= 0.3 is 6.03 Å². The molecular formula is C25H28N4O2. The van der Waals surface area contributed by atoms with E-state index < -0.39 is 0 Å². The number of rotatable bonds is 7. The molecule has 3 aromatic rings. The molecule has 1 aromatic heterocycles. The van der Waals surface area contributed by atoms with Crippen LogP contribution in [-0.4, -0.2) is 24.1 Å². The Balaban J connectivity index is 1.27. The number of carbonyl (C=O) groups is 1. The molecule has 0 spiro atoms. The number of hydrogen-bond donors (Lipinski definition) is 2. The Morgan fingerprint density at radius 3 is 2.52 bits per heavy atom. The Morgan fingerprint density at radius 1 is 0.935 bits per heavy atom. The van der Waals surface area contributed by atoms with Crippen LogP contribution in [0, 0.1) is 0 Å². The summed E-state index contributed by atoms with van der Waals surface area (Å²) < 4.78 is 5.78. The monoisotopic (exact) mass is 416 g/mol. The van der Waals surface area contributed by atoms with Crippen molar-refractivity contribution in [3.05, 3.63) is 84.2 Å². The molecule has 0 unspecified atom stereocenters. The second-order valence-electron chi connectivity index (χ2n) is 7.67. The van der Waals surface area contributed by atoms with Crippen LogP contribution in [0.5, 0.6) is 5.75 Å². The Bertz CT molecular complexity index is 970. The average Bonchev–Trinajstić information content (AvgIpc) is 2.84. The lowest BCUT2D eigenvalue weighted by molar-refractivity contribution is 0.251. The molecule has 160 valence electrons. The molecule has 0 aliphatic carbocycles. The maximum absolute atomic E-state index is 12.5. The summed E-state index contributed by atoms with van der Waals surface area (Å²) in [6, 6.07) is 19.4. The third-order valence-electron chi connectivity index (χ3n) is 5.35. The van der Waals surface area contributed by atoms with Gasteiger partial charge in [-0.25, -0.2) is 4.79 Å². The number of benzene rings is 2. The maximum atomic E-state index is 12.5. The van der Waals surface area contributed by atoms with Crippen LogP contribution in [0.1, 0.15) is 30.4 Å². The molecule has 2 heterocycles. The van der Waals surface area contributed by atoms with Gasteiger partial charge in [0.25, 0.3) is 0 Å². The largest absolute Gasteiger partial charge is 0.489 e. The van der Waals surface area contributed by atoms with Crippen molar-refractivity contribution in [2.45, 2.75) is 32.4 Å². The van der Waals surface area contributed by atoms with Crippen molar-refractivity contribution in [2.75, 3.05) is 23.3 Å². The third kappa shape index (κ3) is 5.98. The van der Waals surface area contributed by atoms with Gasteiger partial charge in [-0.3, -0.25) is 4.98 Å². The summed E-state index contributed by atoms with van der Waals surface area (Å²) in [5.41, 5.74) is 3.97. The predicted molar refractivity (Wildman–Crippen MR) is 123 cm³/mol. The van der Waals surface area contributed by atoms with E-state index in [1.165, 1.54) is 19.3 Å². The van der Waals surface area contributed by atoms with Gasteiger partial charge in [-0.1, -0.05) is 30.3 Å². The van der Waals surface area contributed by atoms with Crippen LogP contribution >= 0.6 is 0 Å². The lowest BCUT2D eigenvalue weighted by Crippen LogP contribution is -2.32. The maximum Gasteiger partial charge on any atom is 0.319 e. The standard InChI is InChI=1S/C25H28N4O2/c30-25(28-23-8-2-3-9-24(23)29-15-4-1-5-16-29)27-18-20-10-12-22(13-11-20)31-19-21-7-6-14-26-17-21/h2-3,6-14,17H,1,4-5,15-16,18-19H2,(H2,27,28,30). The van der Waals surface area contributed by atoms with Crippen molar-refractivity contribution in [1.29, 1.82) is 0 Å². The summed E-state index contributed by atoms with van der Waals surface area (Å²) >= 11 is 0. The molecule has 31 heavy (non-hydrogen) atoms. The predicted octanol–water partition coefficient (Wildman–Crippen LogP) is 4.97. The number of hydrogen-bond acceptors (Lipinski definition) is 4. The summed E-state index contributed by atoms with van der Waals surface area (Å²) in [6.45, 7) is 3.00. The highest BCUT2D eigenvalue weighted by molar-refractivity contribution is 5.93. The first kappa shape index (κ1) is 20.7. The number of carbonyl (C=O) groups excluding carboxylic acids is 1. The van der Waals surface area contributed by atoms with E-state index in [1.54, 1.807) is 12.4 Å². The number of para-hydroxylation sites is 2. The lowest BCUT2D eigenvalue weighted by Gasteiger charge is -2.30. The molecule has 2 N–H and O–H groups in total. The highest BCUT2D eigenvalue weighted by Gasteiger charge is 2.15. The van der Waals surface area contributed by atoms with Gasteiger partial charge in [-0.05, 0) is 55.2 Å². The highest BCUT2D eigenvalue weighted by atomic mass is 16.5. The van der Waals surface area contributed by atoms with Crippen molar-refractivity contribution >= 4 is 17.4 Å². The fourth-order valence-electron chi connectivity index (χ4n) is 3.69. The van der Waals surface area contributed by atoms with Crippen molar-refractivity contribution in [3.63, 3.8) is 0 Å². The normalized spacial score (nSPS) is 13.5. The number of nitrogens with one attached hydrogen (secondary N) is 2. The molecule has 6 nitrogen and oxygen atoms in total. The summed E-state index contributed by atoms with van der Waals surface area (Å²) in [7, 11) is 0. The third-order valence-corrected chi connectivity index (χ3v) is 5.35. The van der Waals surface area contributed by atoms with Gasteiger partial charge in [0.05, 0.1) is 11.4 Å². The average molecular weight is 417 g/mol. The van der Waals surface area contributed by atoms with Gasteiger partial charge < -0.3 is 20.3 Å². The van der Waals surface area contributed by atoms with Crippen molar-refractivity contribution in [2.24, 2.45) is 0 Å². The molecule has 4 rings (SSSR count). The first-order chi connectivity index (χ1) is 15.3. The van der Waals surface area contributed by atoms with Gasteiger partial charge in [0.1, 0.15) is 12.4 Å². The minimum absolute atomic E-state index is 0.207. The van der Waals surface area contributed by atoms with Crippen LogP contribution in [0.4, 0.5) is 16.2 Å². The molecule has 1 aliphatic heterocycles. The number of urea groups is 1. The van der Waals surface area contributed by atoms with Crippen LogP contribution in [0.25, 0.3) is 0 Å². The Labute approximate surface area is 183 Å². The summed E-state index contributed by atoms with van der Waals surface area (Å²) in [5.74, 6) is 0.785. The molecule has 1 fully saturated rings. The molecular weight excluding hydrogens is 388 g/mol. The van der Waals surface area contributed by atoms with Gasteiger partial charge in [-0.2, -0.15) is 0 Å². The molecule has 0 radical (unpaired) electrons. The van der Waals surface area contributed by atoms with E-state index in [2.05, 4.69) is 26.6 Å². The minimum atomic E-state index is -0.207. The number of nitrogens with zero attached hydrogens (tertiary/aromatic N) is 2. The SMILES string of the molecule is O=C(NCc1ccc(OCc2cccnc2)cc1)Nc1ccccc1N1CCCCC1. The second-order valence-corrected chi connectivity index (χ2v) is 7.67. The van der Waals surface area contributed by atoms with Crippen LogP contribution in [0.15, 0.2) is 73.1 Å². The minimum Gasteiger partial charge on any atom is -0.489 e. The van der Waals surface area contributed by atoms with Crippen molar-refractivity contribution < 1.29 is 9.53 Å². The zero-order valence-corrected chi connectivity index (χ0v) is 17.6. The van der Waals surface area contributed by atoms with E-state index in [0.29, 0.717) is 13.2 Å². The molecule has 1 aliphatic rings. The van der Waals surface area contributed by atoms with Gasteiger partial charge in [0, 0.05) is 37.6 Å². The van der Waals surface area contributed by atoms with E-state index in [1.807, 2.05) is 54.6 Å². The molecule has 1 saturated heterocycles. The van der Waals surface area contributed by atoms with Crippen molar-refractivity contribution in [3.8, 4) is 5.75 Å². The smallest absolute Gasteiger partial charge is 0.319 e. The van der Waals surface area contributed by atoms with E-state index >= 15 is 0 Å². The quantitative estimate of drug-likeness (QED) is 0.571. The number of ether oxygens (including phenoxy) is 1. The van der Waals surface area contributed by atoms with Crippen LogP contribution in [0.3, 0.4) is 0 Å². The van der Waals surface area contributed by atoms with Gasteiger partial charge in [0.2, 0.25) is 0 Å². The summed E-state index contributed by atoms with van der Waals surface area (Å²) in [6.07, 6.45) is 7.21. The van der Waals surface area contributed by atoms with Crippen molar-refractivity contribution in [1.82, 2.24) is 10.3 Å². The summed E-state index contributed by atoms with van der Waals surface area (Å²) in [4.78, 5) is 18.9. The summed E-state index contributed by atoms with van der Waals surface area (Å²) in [5, 5.41) is 5.94. The van der Waals surface area contributed by atoms with E-state index in [4.69, 9.17) is 4.74 Å². The zero-order valence-electron chi connectivity index (χ0n) is 17.6. The lowest BCUT2D eigenvalue weighted by atomic mass is 10.1.